The number of rotatable bonds is 5. The first-order chi connectivity index (χ1) is 12.5. The van der Waals surface area contributed by atoms with E-state index in [-0.39, 0.29) is 18.3 Å². The number of ether oxygens (including phenoxy) is 1. The Labute approximate surface area is 153 Å². The van der Waals surface area contributed by atoms with Crippen molar-refractivity contribution in [2.75, 3.05) is 19.0 Å². The molecule has 0 atom stereocenters. The minimum Gasteiger partial charge on any atom is -0.478 e. The molecule has 0 saturated heterocycles. The molecule has 8 nitrogen and oxygen atoms in total. The summed E-state index contributed by atoms with van der Waals surface area (Å²) in [7, 11) is 1.49. The van der Waals surface area contributed by atoms with Crippen LogP contribution >= 0.6 is 11.6 Å². The second-order valence-electron chi connectivity index (χ2n) is 5.47. The number of hydrogen-bond donors (Lipinski definition) is 3. The molecule has 0 fully saturated rings. The van der Waals surface area contributed by atoms with Crippen LogP contribution in [-0.4, -0.2) is 34.5 Å². The van der Waals surface area contributed by atoms with Crippen LogP contribution in [0.2, 0.25) is 5.02 Å². The predicted octanol–water partition coefficient (Wildman–Crippen LogP) is 2.15. The Balaban J connectivity index is 1.91. The monoisotopic (exact) mass is 373 g/mol. The fraction of sp³-hybridized carbons (Fsp3) is 0.176. The molecule has 3 rings (SSSR count). The number of aryl methyl sites for hydroxylation is 1. The number of anilines is 2. The van der Waals surface area contributed by atoms with Crippen LogP contribution < -0.4 is 20.9 Å². The van der Waals surface area contributed by atoms with Crippen molar-refractivity contribution < 1.29 is 9.53 Å². The summed E-state index contributed by atoms with van der Waals surface area (Å²) in [4.78, 5) is 34.3. The Bertz CT molecular complexity index is 1030. The van der Waals surface area contributed by atoms with Crippen molar-refractivity contribution >= 4 is 39.9 Å². The molecule has 1 amide bonds. The van der Waals surface area contributed by atoms with Crippen molar-refractivity contribution in [3.05, 3.63) is 51.7 Å². The number of benzene rings is 1. The van der Waals surface area contributed by atoms with E-state index in [1.807, 2.05) is 6.07 Å². The number of halogens is 1. The van der Waals surface area contributed by atoms with Gasteiger partial charge in [0.25, 0.3) is 11.5 Å². The van der Waals surface area contributed by atoms with E-state index in [4.69, 9.17) is 16.3 Å². The molecule has 0 spiro atoms. The second-order valence-corrected chi connectivity index (χ2v) is 5.87. The van der Waals surface area contributed by atoms with Crippen LogP contribution in [-0.2, 0) is 4.79 Å². The number of amides is 1. The number of aromatic nitrogens is 3. The number of aromatic amines is 1. The number of fused-ring (bicyclic) bond motifs is 1. The lowest BCUT2D eigenvalue weighted by molar-refractivity contribution is -0.122. The molecule has 0 unspecified atom stereocenters. The minimum absolute atomic E-state index is 0.0640. The summed E-state index contributed by atoms with van der Waals surface area (Å²) in [5.41, 5.74) is 0.955. The number of nitrogens with one attached hydrogen (secondary N) is 3. The fourth-order valence-corrected chi connectivity index (χ4v) is 2.41. The van der Waals surface area contributed by atoms with Crippen molar-refractivity contribution in [2.45, 2.75) is 6.92 Å². The topological polar surface area (TPSA) is 109 Å². The molecule has 0 aliphatic heterocycles. The van der Waals surface area contributed by atoms with E-state index in [2.05, 4.69) is 25.6 Å². The summed E-state index contributed by atoms with van der Waals surface area (Å²) in [5.74, 6) is 0.814. The van der Waals surface area contributed by atoms with Gasteiger partial charge in [-0.15, -0.1) is 0 Å². The number of hydrogen-bond acceptors (Lipinski definition) is 6. The van der Waals surface area contributed by atoms with Crippen molar-refractivity contribution in [1.29, 1.82) is 0 Å². The highest BCUT2D eigenvalue weighted by Gasteiger charge is 2.09. The van der Waals surface area contributed by atoms with Crippen LogP contribution in [0.4, 0.5) is 11.5 Å². The van der Waals surface area contributed by atoms with Gasteiger partial charge in [0.15, 0.2) is 18.2 Å². The summed E-state index contributed by atoms with van der Waals surface area (Å²) < 4.78 is 5.27. The van der Waals surface area contributed by atoms with E-state index >= 15 is 0 Å². The third kappa shape index (κ3) is 3.92. The fourth-order valence-electron chi connectivity index (χ4n) is 2.27. The van der Waals surface area contributed by atoms with E-state index in [1.165, 1.54) is 13.2 Å². The first kappa shape index (κ1) is 17.7. The van der Waals surface area contributed by atoms with Crippen LogP contribution in [0.25, 0.3) is 10.9 Å². The highest BCUT2D eigenvalue weighted by molar-refractivity contribution is 6.32. The molecule has 26 heavy (non-hydrogen) atoms. The summed E-state index contributed by atoms with van der Waals surface area (Å²) >= 11 is 6.10. The quantitative estimate of drug-likeness (QED) is 0.632. The third-order valence-corrected chi connectivity index (χ3v) is 3.85. The van der Waals surface area contributed by atoms with Crippen molar-refractivity contribution in [3.8, 4) is 5.75 Å². The summed E-state index contributed by atoms with van der Waals surface area (Å²) in [6, 6.07) is 6.93. The molecule has 3 N–H and O–H groups in total. The van der Waals surface area contributed by atoms with Crippen LogP contribution in [0.5, 0.6) is 5.75 Å². The molecule has 1 aromatic carbocycles. The summed E-state index contributed by atoms with van der Waals surface area (Å²) in [5, 5.41) is 6.67. The van der Waals surface area contributed by atoms with Gasteiger partial charge in [-0.3, -0.25) is 9.59 Å². The smallest absolute Gasteiger partial charge is 0.290 e. The maximum Gasteiger partial charge on any atom is 0.290 e. The SMILES string of the molecule is CNC(=O)COc1cc2cc(Nc3nc(C)ncc3Cl)ccc2[nH]c1=O. The normalized spacial score (nSPS) is 10.6. The van der Waals surface area contributed by atoms with Crippen LogP contribution in [0, 0.1) is 6.92 Å². The molecular formula is C17H16ClN5O3. The van der Waals surface area contributed by atoms with Gasteiger partial charge in [0, 0.05) is 23.6 Å². The average molecular weight is 374 g/mol. The van der Waals surface area contributed by atoms with Gasteiger partial charge < -0.3 is 20.4 Å². The molecule has 9 heteroatoms. The number of carbonyl (C=O) groups excluding carboxylic acids is 1. The standard InChI is InChI=1S/C17H16ClN5O3/c1-9-20-7-12(18)16(21-9)22-11-3-4-13-10(5-11)6-14(17(25)23-13)26-8-15(24)19-2/h3-7H,8H2,1-2H3,(H,19,24)(H,23,25)(H,20,21,22). The van der Waals surface area contributed by atoms with Gasteiger partial charge in [-0.05, 0) is 31.2 Å². The van der Waals surface area contributed by atoms with E-state index in [0.29, 0.717) is 22.2 Å². The molecular weight excluding hydrogens is 358 g/mol. The van der Waals surface area contributed by atoms with Crippen LogP contribution in [0.3, 0.4) is 0 Å². The molecule has 2 aromatic heterocycles. The number of H-pyrrole nitrogens is 1. The lowest BCUT2D eigenvalue weighted by Gasteiger charge is -2.10. The average Bonchev–Trinajstić information content (AvgIpc) is 2.63. The van der Waals surface area contributed by atoms with Gasteiger partial charge in [0.05, 0.1) is 6.20 Å². The van der Waals surface area contributed by atoms with Gasteiger partial charge in [0.1, 0.15) is 10.8 Å². The Morgan fingerprint density at radius 2 is 2.15 bits per heavy atom. The Kier molecular flexibility index (Phi) is 5.04. The Morgan fingerprint density at radius 1 is 1.35 bits per heavy atom. The second kappa shape index (κ2) is 7.40. The van der Waals surface area contributed by atoms with Crippen molar-refractivity contribution in [3.63, 3.8) is 0 Å². The summed E-state index contributed by atoms with van der Waals surface area (Å²) in [6.07, 6.45) is 1.52. The van der Waals surface area contributed by atoms with E-state index in [1.54, 1.807) is 25.1 Å². The molecule has 0 saturated carbocycles. The third-order valence-electron chi connectivity index (χ3n) is 3.58. The molecule has 0 aliphatic rings. The van der Waals surface area contributed by atoms with Crippen molar-refractivity contribution in [2.24, 2.45) is 0 Å². The zero-order valence-electron chi connectivity index (χ0n) is 14.1. The van der Waals surface area contributed by atoms with Gasteiger partial charge in [0.2, 0.25) is 0 Å². The van der Waals surface area contributed by atoms with Gasteiger partial charge in [-0.25, -0.2) is 9.97 Å². The lowest BCUT2D eigenvalue weighted by atomic mass is 10.2. The first-order valence-corrected chi connectivity index (χ1v) is 8.10. The lowest BCUT2D eigenvalue weighted by Crippen LogP contribution is -2.26. The van der Waals surface area contributed by atoms with E-state index in [0.717, 1.165) is 11.1 Å². The number of carbonyl (C=O) groups is 1. The van der Waals surface area contributed by atoms with Gasteiger partial charge >= 0.3 is 0 Å². The number of nitrogens with zero attached hydrogens (tertiary/aromatic N) is 2. The molecule has 0 radical (unpaired) electrons. The number of pyridine rings is 1. The molecule has 0 bridgehead atoms. The first-order valence-electron chi connectivity index (χ1n) is 7.73. The predicted molar refractivity (Wildman–Crippen MR) is 99.2 cm³/mol. The van der Waals surface area contributed by atoms with E-state index < -0.39 is 5.56 Å². The zero-order chi connectivity index (χ0) is 18.7. The Hall–Kier alpha value is -3.13. The van der Waals surface area contributed by atoms with Crippen LogP contribution in [0.15, 0.2) is 35.3 Å². The molecule has 134 valence electrons. The number of likely N-dealkylation sites (N-methyl/N-ethyl adjacent to an activating group) is 1. The molecule has 3 aromatic rings. The van der Waals surface area contributed by atoms with Crippen LogP contribution in [0.1, 0.15) is 5.82 Å². The highest BCUT2D eigenvalue weighted by atomic mass is 35.5. The molecule has 0 aliphatic carbocycles. The maximum atomic E-state index is 12.0. The van der Waals surface area contributed by atoms with E-state index in [9.17, 15) is 9.59 Å². The minimum atomic E-state index is -0.406. The molecule has 2 heterocycles. The maximum absolute atomic E-state index is 12.0. The largest absolute Gasteiger partial charge is 0.478 e. The Morgan fingerprint density at radius 3 is 2.92 bits per heavy atom. The van der Waals surface area contributed by atoms with Gasteiger partial charge in [-0.1, -0.05) is 11.6 Å². The zero-order valence-corrected chi connectivity index (χ0v) is 14.8. The highest BCUT2D eigenvalue weighted by Crippen LogP contribution is 2.25. The van der Waals surface area contributed by atoms with Crippen molar-refractivity contribution in [1.82, 2.24) is 20.3 Å². The van der Waals surface area contributed by atoms with Gasteiger partial charge in [-0.2, -0.15) is 0 Å². The summed E-state index contributed by atoms with van der Waals surface area (Å²) in [6.45, 7) is 1.53.